The van der Waals surface area contributed by atoms with Crippen molar-refractivity contribution in [1.29, 1.82) is 0 Å². The zero-order valence-electron chi connectivity index (χ0n) is 5.34. The standard InChI is InChI=1S/C8H7ClO/c9-8-3-1-2-7(6-10)4-5-8/h3-5,7,10H,6H2. The number of aliphatic hydroxyl groups excluding tert-OH is 1. The smallest absolute Gasteiger partial charge is 0.0621 e. The molecule has 1 N–H and O–H groups in total. The van der Waals surface area contributed by atoms with Crippen molar-refractivity contribution < 1.29 is 5.11 Å². The van der Waals surface area contributed by atoms with Gasteiger partial charge in [-0.05, 0) is 6.08 Å². The van der Waals surface area contributed by atoms with E-state index in [1.807, 2.05) is 0 Å². The Morgan fingerprint density at radius 3 is 3.20 bits per heavy atom. The highest BCUT2D eigenvalue weighted by atomic mass is 35.5. The van der Waals surface area contributed by atoms with Gasteiger partial charge in [0.1, 0.15) is 0 Å². The maximum absolute atomic E-state index is 8.68. The largest absolute Gasteiger partial charge is 0.395 e. The van der Waals surface area contributed by atoms with Gasteiger partial charge in [-0.2, -0.15) is 0 Å². The number of rotatable bonds is 1. The Morgan fingerprint density at radius 2 is 2.50 bits per heavy atom. The van der Waals surface area contributed by atoms with E-state index >= 15 is 0 Å². The maximum Gasteiger partial charge on any atom is 0.0621 e. The van der Waals surface area contributed by atoms with Gasteiger partial charge in [0, 0.05) is 11.1 Å². The fourth-order valence-corrected chi connectivity index (χ4v) is 0.756. The predicted octanol–water partition coefficient (Wildman–Crippen LogP) is 1.29. The van der Waals surface area contributed by atoms with Crippen LogP contribution in [0, 0.1) is 17.8 Å². The second-order valence-electron chi connectivity index (χ2n) is 1.97. The van der Waals surface area contributed by atoms with Crippen molar-refractivity contribution in [3.05, 3.63) is 23.3 Å². The third-order valence-corrected chi connectivity index (χ3v) is 1.40. The van der Waals surface area contributed by atoms with Crippen LogP contribution < -0.4 is 0 Å². The maximum atomic E-state index is 8.68. The first kappa shape index (κ1) is 7.40. The first-order chi connectivity index (χ1) is 4.83. The summed E-state index contributed by atoms with van der Waals surface area (Å²) < 4.78 is 0. The van der Waals surface area contributed by atoms with Gasteiger partial charge < -0.3 is 5.11 Å². The number of halogens is 1. The Hall–Kier alpha value is -0.710. The molecule has 0 aromatic carbocycles. The lowest BCUT2D eigenvalue weighted by Crippen LogP contribution is -1.97. The Morgan fingerprint density at radius 1 is 1.70 bits per heavy atom. The van der Waals surface area contributed by atoms with E-state index in [2.05, 4.69) is 11.8 Å². The van der Waals surface area contributed by atoms with E-state index in [-0.39, 0.29) is 12.5 Å². The van der Waals surface area contributed by atoms with Crippen molar-refractivity contribution in [3.8, 4) is 11.8 Å². The van der Waals surface area contributed by atoms with Gasteiger partial charge in [0.25, 0.3) is 0 Å². The summed E-state index contributed by atoms with van der Waals surface area (Å²) in [4.78, 5) is 0. The monoisotopic (exact) mass is 154 g/mol. The Bertz CT molecular complexity index is 229. The van der Waals surface area contributed by atoms with Crippen molar-refractivity contribution >= 4 is 11.6 Å². The van der Waals surface area contributed by atoms with E-state index in [4.69, 9.17) is 16.7 Å². The van der Waals surface area contributed by atoms with Crippen molar-refractivity contribution in [1.82, 2.24) is 0 Å². The van der Waals surface area contributed by atoms with Crippen LogP contribution in [0.5, 0.6) is 0 Å². The molecule has 10 heavy (non-hydrogen) atoms. The van der Waals surface area contributed by atoms with Gasteiger partial charge in [0.2, 0.25) is 0 Å². The molecule has 0 heterocycles. The summed E-state index contributed by atoms with van der Waals surface area (Å²) in [7, 11) is 0. The van der Waals surface area contributed by atoms with E-state index in [9.17, 15) is 0 Å². The Kier molecular flexibility index (Phi) is 2.56. The van der Waals surface area contributed by atoms with Crippen LogP contribution in [0.3, 0.4) is 0 Å². The van der Waals surface area contributed by atoms with Crippen LogP contribution in [0.15, 0.2) is 23.3 Å². The molecule has 0 fully saturated rings. The lowest BCUT2D eigenvalue weighted by Gasteiger charge is -1.95. The van der Waals surface area contributed by atoms with Crippen LogP contribution in [0.4, 0.5) is 0 Å². The van der Waals surface area contributed by atoms with Gasteiger partial charge in [-0.3, -0.25) is 0 Å². The first-order valence-corrected chi connectivity index (χ1v) is 3.36. The Balaban J connectivity index is 2.73. The van der Waals surface area contributed by atoms with Gasteiger partial charge in [-0.15, -0.1) is 0 Å². The third-order valence-electron chi connectivity index (χ3n) is 1.16. The molecular weight excluding hydrogens is 148 g/mol. The summed E-state index contributed by atoms with van der Waals surface area (Å²) in [5.74, 6) is 5.48. The summed E-state index contributed by atoms with van der Waals surface area (Å²) in [6, 6.07) is 0. The highest BCUT2D eigenvalue weighted by Crippen LogP contribution is 2.08. The van der Waals surface area contributed by atoms with Gasteiger partial charge in [0.15, 0.2) is 0 Å². The molecule has 0 bridgehead atoms. The van der Waals surface area contributed by atoms with Gasteiger partial charge in [-0.1, -0.05) is 29.5 Å². The SMILES string of the molecule is OCC1C#CC=C(Cl)C=C1. The highest BCUT2D eigenvalue weighted by Gasteiger charge is 1.98. The van der Waals surface area contributed by atoms with Crippen LogP contribution in [-0.2, 0) is 0 Å². The average molecular weight is 155 g/mol. The number of hydrogen-bond acceptors (Lipinski definition) is 1. The van der Waals surface area contributed by atoms with Crippen molar-refractivity contribution in [3.63, 3.8) is 0 Å². The highest BCUT2D eigenvalue weighted by molar-refractivity contribution is 6.31. The molecule has 0 saturated carbocycles. The summed E-state index contributed by atoms with van der Waals surface area (Å²) >= 11 is 5.63. The molecule has 0 radical (unpaired) electrons. The minimum atomic E-state index is -0.0625. The zero-order chi connectivity index (χ0) is 7.40. The molecule has 1 aliphatic carbocycles. The van der Waals surface area contributed by atoms with Crippen molar-refractivity contribution in [2.75, 3.05) is 6.61 Å². The fourth-order valence-electron chi connectivity index (χ4n) is 0.628. The summed E-state index contributed by atoms with van der Waals surface area (Å²) in [6.07, 6.45) is 5.14. The zero-order valence-corrected chi connectivity index (χ0v) is 6.10. The summed E-state index contributed by atoms with van der Waals surface area (Å²) in [6.45, 7) is 0.0571. The van der Waals surface area contributed by atoms with Crippen LogP contribution in [0.25, 0.3) is 0 Å². The van der Waals surface area contributed by atoms with Crippen LogP contribution >= 0.6 is 11.6 Å². The third kappa shape index (κ3) is 1.91. The molecule has 0 aliphatic heterocycles. The molecule has 2 heteroatoms. The second kappa shape index (κ2) is 3.46. The molecule has 1 unspecified atom stereocenters. The quantitative estimate of drug-likeness (QED) is 0.565. The van der Waals surface area contributed by atoms with Crippen molar-refractivity contribution in [2.24, 2.45) is 5.92 Å². The van der Waals surface area contributed by atoms with Gasteiger partial charge in [-0.25, -0.2) is 0 Å². The molecule has 1 atom stereocenters. The molecule has 1 nitrogen and oxygen atoms in total. The van der Waals surface area contributed by atoms with Gasteiger partial charge >= 0.3 is 0 Å². The van der Waals surface area contributed by atoms with E-state index in [1.165, 1.54) is 0 Å². The fraction of sp³-hybridized carbons (Fsp3) is 0.250. The van der Waals surface area contributed by atoms with Crippen molar-refractivity contribution in [2.45, 2.75) is 0 Å². The molecular formula is C8H7ClO. The predicted molar refractivity (Wildman–Crippen MR) is 41.4 cm³/mol. The molecule has 1 rings (SSSR count). The summed E-state index contributed by atoms with van der Waals surface area (Å²) in [5.41, 5.74) is 0. The van der Waals surface area contributed by atoms with E-state index in [0.717, 1.165) is 0 Å². The Labute approximate surface area is 65.0 Å². The molecule has 52 valence electrons. The minimum Gasteiger partial charge on any atom is -0.395 e. The van der Waals surface area contributed by atoms with E-state index in [0.29, 0.717) is 5.03 Å². The second-order valence-corrected chi connectivity index (χ2v) is 2.40. The normalized spacial score (nSPS) is 22.6. The first-order valence-electron chi connectivity index (χ1n) is 2.98. The molecule has 0 aromatic heterocycles. The molecule has 0 amide bonds. The van der Waals surface area contributed by atoms with E-state index in [1.54, 1.807) is 18.2 Å². The molecule has 1 aliphatic rings. The molecule has 0 saturated heterocycles. The molecule has 0 aromatic rings. The van der Waals surface area contributed by atoms with Crippen LogP contribution in [-0.4, -0.2) is 11.7 Å². The lowest BCUT2D eigenvalue weighted by atomic mass is 10.1. The minimum absolute atomic E-state index is 0.0571. The summed E-state index contributed by atoms with van der Waals surface area (Å²) in [5, 5.41) is 9.30. The van der Waals surface area contributed by atoms with Crippen LogP contribution in [0.2, 0.25) is 0 Å². The number of aliphatic hydroxyl groups is 1. The van der Waals surface area contributed by atoms with E-state index < -0.39 is 0 Å². The molecule has 0 spiro atoms. The van der Waals surface area contributed by atoms with Crippen LogP contribution in [0.1, 0.15) is 0 Å². The average Bonchev–Trinajstić information content (AvgIpc) is 2.14. The lowest BCUT2D eigenvalue weighted by molar-refractivity contribution is 0.277. The van der Waals surface area contributed by atoms with Gasteiger partial charge in [0.05, 0.1) is 12.5 Å². The number of hydrogen-bond donors (Lipinski definition) is 1. The topological polar surface area (TPSA) is 20.2 Å². The number of allylic oxidation sites excluding steroid dienone is 3.